The third-order valence-corrected chi connectivity index (χ3v) is 3.45. The largest absolute Gasteiger partial charge is 0.321 e. The summed E-state index contributed by atoms with van der Waals surface area (Å²) in [4.78, 5) is 28.7. The van der Waals surface area contributed by atoms with Crippen LogP contribution in [0.5, 0.6) is 0 Å². The van der Waals surface area contributed by atoms with E-state index >= 15 is 0 Å². The zero-order valence-electron chi connectivity index (χ0n) is 13.1. The van der Waals surface area contributed by atoms with Gasteiger partial charge in [-0.15, -0.1) is 0 Å². The van der Waals surface area contributed by atoms with Crippen molar-refractivity contribution in [2.45, 2.75) is 0 Å². The third kappa shape index (κ3) is 4.06. The lowest BCUT2D eigenvalue weighted by Gasteiger charge is -2.11. The number of nitrogens with one attached hydrogen (secondary N) is 2. The van der Waals surface area contributed by atoms with Crippen LogP contribution in [0.3, 0.4) is 0 Å². The van der Waals surface area contributed by atoms with Gasteiger partial charge >= 0.3 is 0 Å². The first-order chi connectivity index (χ1) is 12.1. The second-order valence-corrected chi connectivity index (χ2v) is 5.20. The minimum atomic E-state index is -0.429. The molecule has 0 bridgehead atoms. The van der Waals surface area contributed by atoms with Crippen LogP contribution in [0.4, 0.5) is 15.8 Å². The number of pyridine rings is 1. The van der Waals surface area contributed by atoms with E-state index in [-0.39, 0.29) is 5.91 Å². The Morgan fingerprint density at radius 1 is 0.840 bits per heavy atom. The third-order valence-electron chi connectivity index (χ3n) is 3.45. The molecule has 2 N–H and O–H groups in total. The Balaban J connectivity index is 1.79. The monoisotopic (exact) mass is 335 g/mol. The number of anilines is 2. The molecule has 0 atom stereocenters. The molecule has 0 unspecified atom stereocenters. The number of aromatic nitrogens is 1. The molecular formula is C19H14FN3O2. The summed E-state index contributed by atoms with van der Waals surface area (Å²) in [7, 11) is 0. The zero-order valence-corrected chi connectivity index (χ0v) is 13.1. The Kier molecular flexibility index (Phi) is 4.80. The highest BCUT2D eigenvalue weighted by molar-refractivity contribution is 6.12. The summed E-state index contributed by atoms with van der Waals surface area (Å²) >= 11 is 0. The van der Waals surface area contributed by atoms with Gasteiger partial charge in [0.2, 0.25) is 0 Å². The van der Waals surface area contributed by atoms with E-state index in [0.29, 0.717) is 22.5 Å². The summed E-state index contributed by atoms with van der Waals surface area (Å²) in [5.41, 5.74) is 1.51. The fourth-order valence-electron chi connectivity index (χ4n) is 2.22. The maximum atomic E-state index is 13.0. The summed E-state index contributed by atoms with van der Waals surface area (Å²) in [6.45, 7) is 0. The van der Waals surface area contributed by atoms with Gasteiger partial charge < -0.3 is 10.6 Å². The molecule has 0 spiro atoms. The maximum absolute atomic E-state index is 13.0. The van der Waals surface area contributed by atoms with Gasteiger partial charge in [0, 0.05) is 11.8 Å². The zero-order chi connectivity index (χ0) is 17.6. The molecule has 5 nitrogen and oxygen atoms in total. The molecule has 2 amide bonds. The molecule has 2 aromatic carbocycles. The molecule has 3 aromatic rings. The first-order valence-corrected chi connectivity index (χ1v) is 7.51. The van der Waals surface area contributed by atoms with Gasteiger partial charge in [-0.25, -0.2) is 4.39 Å². The second kappa shape index (κ2) is 7.35. The highest BCUT2D eigenvalue weighted by Gasteiger charge is 2.14. The van der Waals surface area contributed by atoms with Crippen LogP contribution in [0.15, 0.2) is 73.1 Å². The van der Waals surface area contributed by atoms with E-state index in [1.54, 1.807) is 42.6 Å². The Morgan fingerprint density at radius 2 is 1.60 bits per heavy atom. The molecule has 1 aromatic heterocycles. The highest BCUT2D eigenvalue weighted by Crippen LogP contribution is 2.18. The lowest BCUT2D eigenvalue weighted by atomic mass is 10.1. The van der Waals surface area contributed by atoms with E-state index in [1.165, 1.54) is 30.5 Å². The van der Waals surface area contributed by atoms with E-state index < -0.39 is 11.7 Å². The van der Waals surface area contributed by atoms with E-state index in [1.807, 2.05) is 0 Å². The molecule has 0 aliphatic carbocycles. The first kappa shape index (κ1) is 16.3. The summed E-state index contributed by atoms with van der Waals surface area (Å²) in [6, 6.07) is 15.2. The van der Waals surface area contributed by atoms with E-state index in [4.69, 9.17) is 0 Å². The van der Waals surface area contributed by atoms with Crippen molar-refractivity contribution >= 4 is 23.2 Å². The van der Waals surface area contributed by atoms with Gasteiger partial charge in [0.1, 0.15) is 5.82 Å². The smallest absolute Gasteiger partial charge is 0.257 e. The van der Waals surface area contributed by atoms with Crippen molar-refractivity contribution in [1.82, 2.24) is 4.98 Å². The molecule has 0 saturated heterocycles. The fraction of sp³-hybridized carbons (Fsp3) is 0. The van der Waals surface area contributed by atoms with Crippen molar-refractivity contribution in [1.29, 1.82) is 0 Å². The number of carbonyl (C=O) groups is 2. The van der Waals surface area contributed by atoms with Gasteiger partial charge in [0.15, 0.2) is 0 Å². The predicted molar refractivity (Wildman–Crippen MR) is 93.0 cm³/mol. The first-order valence-electron chi connectivity index (χ1n) is 7.51. The van der Waals surface area contributed by atoms with E-state index in [0.717, 1.165) is 0 Å². The molecule has 3 rings (SSSR count). The van der Waals surface area contributed by atoms with Crippen LogP contribution in [-0.4, -0.2) is 16.8 Å². The molecule has 25 heavy (non-hydrogen) atoms. The summed E-state index contributed by atoms with van der Waals surface area (Å²) in [5.74, 6) is -1.22. The standard InChI is InChI=1S/C19H14FN3O2/c20-14-9-7-13(8-10-14)18(24)23-17-6-2-1-5-16(17)19(25)22-15-4-3-11-21-12-15/h1-12H,(H,22,25)(H,23,24). The summed E-state index contributed by atoms with van der Waals surface area (Å²) in [5, 5.41) is 5.39. The van der Waals surface area contributed by atoms with Gasteiger partial charge in [-0.3, -0.25) is 14.6 Å². The average molecular weight is 335 g/mol. The predicted octanol–water partition coefficient (Wildman–Crippen LogP) is 3.73. The van der Waals surface area contributed by atoms with Crippen LogP contribution in [0.2, 0.25) is 0 Å². The summed E-state index contributed by atoms with van der Waals surface area (Å²) in [6.07, 6.45) is 3.13. The van der Waals surface area contributed by atoms with Gasteiger partial charge in [0.25, 0.3) is 11.8 Å². The lowest BCUT2D eigenvalue weighted by Crippen LogP contribution is -2.18. The maximum Gasteiger partial charge on any atom is 0.257 e. The molecule has 6 heteroatoms. The number of para-hydroxylation sites is 1. The van der Waals surface area contributed by atoms with Crippen molar-refractivity contribution in [2.24, 2.45) is 0 Å². The number of halogens is 1. The van der Waals surface area contributed by atoms with Gasteiger partial charge in [-0.2, -0.15) is 0 Å². The minimum absolute atomic E-state index is 0.295. The number of hydrogen-bond donors (Lipinski definition) is 2. The molecule has 0 aliphatic heterocycles. The Labute approximate surface area is 143 Å². The van der Waals surface area contributed by atoms with Crippen LogP contribution < -0.4 is 10.6 Å². The van der Waals surface area contributed by atoms with Crippen molar-refractivity contribution in [3.05, 3.63) is 90.0 Å². The van der Waals surface area contributed by atoms with Gasteiger partial charge in [-0.1, -0.05) is 12.1 Å². The normalized spacial score (nSPS) is 10.1. The Bertz CT molecular complexity index is 896. The number of rotatable bonds is 4. The highest BCUT2D eigenvalue weighted by atomic mass is 19.1. The molecule has 0 fully saturated rings. The van der Waals surface area contributed by atoms with Crippen LogP contribution in [0.25, 0.3) is 0 Å². The van der Waals surface area contributed by atoms with E-state index in [2.05, 4.69) is 15.6 Å². The number of carbonyl (C=O) groups excluding carboxylic acids is 2. The van der Waals surface area contributed by atoms with E-state index in [9.17, 15) is 14.0 Å². The molecular weight excluding hydrogens is 321 g/mol. The quantitative estimate of drug-likeness (QED) is 0.763. The van der Waals surface area contributed by atoms with Crippen LogP contribution >= 0.6 is 0 Å². The van der Waals surface area contributed by atoms with Crippen molar-refractivity contribution < 1.29 is 14.0 Å². The van der Waals surface area contributed by atoms with Gasteiger partial charge in [0.05, 0.1) is 23.1 Å². The van der Waals surface area contributed by atoms with Crippen LogP contribution in [0.1, 0.15) is 20.7 Å². The van der Waals surface area contributed by atoms with Crippen molar-refractivity contribution in [3.8, 4) is 0 Å². The lowest BCUT2D eigenvalue weighted by molar-refractivity contribution is 0.102. The van der Waals surface area contributed by atoms with Crippen LogP contribution in [0, 0.1) is 5.82 Å². The number of benzene rings is 2. The second-order valence-electron chi connectivity index (χ2n) is 5.20. The number of hydrogen-bond acceptors (Lipinski definition) is 3. The minimum Gasteiger partial charge on any atom is -0.321 e. The SMILES string of the molecule is O=C(Nc1ccccc1C(=O)Nc1cccnc1)c1ccc(F)cc1. The number of nitrogens with zero attached hydrogens (tertiary/aromatic N) is 1. The molecule has 0 aliphatic rings. The molecule has 124 valence electrons. The molecule has 1 heterocycles. The number of amides is 2. The Hall–Kier alpha value is -3.54. The topological polar surface area (TPSA) is 71.1 Å². The van der Waals surface area contributed by atoms with Crippen molar-refractivity contribution in [2.75, 3.05) is 10.6 Å². The average Bonchev–Trinajstić information content (AvgIpc) is 2.63. The fourth-order valence-corrected chi connectivity index (χ4v) is 2.22. The molecule has 0 radical (unpaired) electrons. The van der Waals surface area contributed by atoms with Gasteiger partial charge in [-0.05, 0) is 48.5 Å². The Morgan fingerprint density at radius 3 is 2.32 bits per heavy atom. The summed E-state index contributed by atoms with van der Waals surface area (Å²) < 4.78 is 13.0. The van der Waals surface area contributed by atoms with Crippen molar-refractivity contribution in [3.63, 3.8) is 0 Å². The van der Waals surface area contributed by atoms with Crippen LogP contribution in [-0.2, 0) is 0 Å². The molecule has 0 saturated carbocycles.